The van der Waals surface area contributed by atoms with Gasteiger partial charge in [0, 0.05) is 23.7 Å². The van der Waals surface area contributed by atoms with E-state index in [9.17, 15) is 9.18 Å². The van der Waals surface area contributed by atoms with Gasteiger partial charge < -0.3 is 10.7 Å². The van der Waals surface area contributed by atoms with E-state index in [-0.39, 0.29) is 11.4 Å². The first-order valence-electron chi connectivity index (χ1n) is 9.81. The summed E-state index contributed by atoms with van der Waals surface area (Å²) in [6.45, 7) is 2.61. The zero-order chi connectivity index (χ0) is 20.4. The number of nitrogens with one attached hydrogen (secondary N) is 1. The Balaban J connectivity index is 1.97. The third kappa shape index (κ3) is 3.71. The first-order valence-corrected chi connectivity index (χ1v) is 9.81. The Labute approximate surface area is 168 Å². The number of halogens is 1. The molecule has 0 aliphatic rings. The smallest absolute Gasteiger partial charge is 0.251 e. The highest BCUT2D eigenvalue weighted by Crippen LogP contribution is 2.31. The fourth-order valence-electron chi connectivity index (χ4n) is 3.55. The van der Waals surface area contributed by atoms with Crippen molar-refractivity contribution in [2.45, 2.75) is 32.7 Å². The fourth-order valence-corrected chi connectivity index (χ4v) is 3.55. The van der Waals surface area contributed by atoms with Gasteiger partial charge in [-0.3, -0.25) is 4.79 Å². The Morgan fingerprint density at radius 3 is 2.41 bits per heavy atom. The maximum atomic E-state index is 13.4. The molecule has 0 unspecified atom stereocenters. The molecule has 2 heterocycles. The number of aryl methyl sites for hydroxylation is 1. The van der Waals surface area contributed by atoms with E-state index in [0.29, 0.717) is 17.9 Å². The van der Waals surface area contributed by atoms with Crippen molar-refractivity contribution in [3.63, 3.8) is 0 Å². The van der Waals surface area contributed by atoms with Gasteiger partial charge in [-0.05, 0) is 48.2 Å². The van der Waals surface area contributed by atoms with Crippen molar-refractivity contribution in [3.05, 3.63) is 82.0 Å². The van der Waals surface area contributed by atoms with Crippen LogP contribution in [0.4, 0.5) is 4.39 Å². The maximum Gasteiger partial charge on any atom is 0.251 e. The number of nitrogens with zero attached hydrogens (tertiary/aromatic N) is 2. The van der Waals surface area contributed by atoms with Crippen molar-refractivity contribution in [1.29, 1.82) is 0 Å². The topological polar surface area (TPSA) is 76.2 Å². The average Bonchev–Trinajstić information content (AvgIpc) is 3.10. The van der Waals surface area contributed by atoms with Gasteiger partial charge in [-0.2, -0.15) is 5.10 Å². The molecule has 0 amide bonds. The second kappa shape index (κ2) is 8.01. The van der Waals surface area contributed by atoms with Gasteiger partial charge in [0.25, 0.3) is 5.56 Å². The Hall–Kier alpha value is -3.25. The highest BCUT2D eigenvalue weighted by Gasteiger charge is 2.18. The summed E-state index contributed by atoms with van der Waals surface area (Å²) < 4.78 is 15.1. The van der Waals surface area contributed by atoms with Gasteiger partial charge in [-0.25, -0.2) is 8.91 Å². The summed E-state index contributed by atoms with van der Waals surface area (Å²) in [5.74, 6) is -0.320. The van der Waals surface area contributed by atoms with Gasteiger partial charge in [0.05, 0.1) is 11.4 Å². The molecule has 0 aliphatic carbocycles. The molecule has 0 spiro atoms. The predicted molar refractivity (Wildman–Crippen MR) is 113 cm³/mol. The van der Waals surface area contributed by atoms with Crippen LogP contribution in [0.5, 0.6) is 0 Å². The Bertz CT molecular complexity index is 1190. The van der Waals surface area contributed by atoms with E-state index in [1.54, 1.807) is 16.6 Å². The van der Waals surface area contributed by atoms with Crippen LogP contribution in [-0.4, -0.2) is 14.6 Å². The average molecular weight is 390 g/mol. The Morgan fingerprint density at radius 2 is 1.76 bits per heavy atom. The van der Waals surface area contributed by atoms with Crippen molar-refractivity contribution in [1.82, 2.24) is 14.6 Å². The monoisotopic (exact) mass is 390 g/mol. The largest absolute Gasteiger partial charge is 0.326 e. The van der Waals surface area contributed by atoms with E-state index in [0.717, 1.165) is 47.2 Å². The molecule has 0 saturated carbocycles. The summed E-state index contributed by atoms with van der Waals surface area (Å²) >= 11 is 0. The number of nitrogens with two attached hydrogens (primary N) is 1. The van der Waals surface area contributed by atoms with E-state index in [2.05, 4.69) is 11.9 Å². The normalized spacial score (nSPS) is 11.3. The van der Waals surface area contributed by atoms with Gasteiger partial charge >= 0.3 is 0 Å². The minimum atomic E-state index is -0.320. The minimum absolute atomic E-state index is 0.224. The molecule has 4 rings (SSSR count). The summed E-state index contributed by atoms with van der Waals surface area (Å²) in [6.07, 6.45) is 2.84. The van der Waals surface area contributed by atoms with Crippen LogP contribution >= 0.6 is 0 Å². The molecule has 0 saturated heterocycles. The number of fused-ring (bicyclic) bond motifs is 1. The number of hydrogen-bond acceptors (Lipinski definition) is 3. The van der Waals surface area contributed by atoms with Crippen molar-refractivity contribution in [3.8, 4) is 22.4 Å². The molecular weight excluding hydrogens is 367 g/mol. The first kappa shape index (κ1) is 19.1. The molecule has 148 valence electrons. The lowest BCUT2D eigenvalue weighted by atomic mass is 10.0. The lowest BCUT2D eigenvalue weighted by molar-refractivity contribution is 0.628. The molecule has 4 aromatic rings. The molecule has 0 fully saturated rings. The van der Waals surface area contributed by atoms with Crippen LogP contribution in [0.3, 0.4) is 0 Å². The van der Waals surface area contributed by atoms with Crippen LogP contribution in [-0.2, 0) is 13.0 Å². The highest BCUT2D eigenvalue weighted by atomic mass is 19.1. The molecule has 3 N–H and O–H groups in total. The predicted octanol–water partition coefficient (Wildman–Crippen LogP) is 4.30. The number of aromatic amines is 1. The van der Waals surface area contributed by atoms with Gasteiger partial charge in [-0.1, -0.05) is 37.6 Å². The molecule has 0 bridgehead atoms. The highest BCUT2D eigenvalue weighted by molar-refractivity contribution is 5.81. The zero-order valence-electron chi connectivity index (χ0n) is 16.3. The summed E-state index contributed by atoms with van der Waals surface area (Å²) in [4.78, 5) is 15.4. The molecular formula is C23H23FN4O. The third-order valence-electron chi connectivity index (χ3n) is 5.08. The second-order valence-electron chi connectivity index (χ2n) is 7.11. The summed E-state index contributed by atoms with van der Waals surface area (Å²) in [5, 5.41) is 4.84. The number of unbranched alkanes of at least 4 members (excludes halogenated alkanes) is 1. The number of rotatable bonds is 6. The van der Waals surface area contributed by atoms with E-state index >= 15 is 0 Å². The summed E-state index contributed by atoms with van der Waals surface area (Å²) in [7, 11) is 0. The summed E-state index contributed by atoms with van der Waals surface area (Å²) in [5.41, 5.74) is 11.4. The van der Waals surface area contributed by atoms with Crippen LogP contribution in [0.25, 0.3) is 28.0 Å². The lowest BCUT2D eigenvalue weighted by Gasteiger charge is -2.06. The molecule has 0 atom stereocenters. The third-order valence-corrected chi connectivity index (χ3v) is 5.08. The van der Waals surface area contributed by atoms with Crippen LogP contribution in [0.2, 0.25) is 0 Å². The Kier molecular flexibility index (Phi) is 5.27. The van der Waals surface area contributed by atoms with Crippen molar-refractivity contribution in [2.24, 2.45) is 5.73 Å². The SMILES string of the molecule is CCCCc1nn2c(-c3ccc(F)cc3)cc(=O)[nH]c2c1-c1ccc(CN)cc1. The van der Waals surface area contributed by atoms with Crippen LogP contribution in [0.15, 0.2) is 59.4 Å². The minimum Gasteiger partial charge on any atom is -0.326 e. The van der Waals surface area contributed by atoms with Crippen LogP contribution in [0, 0.1) is 5.82 Å². The molecule has 0 aliphatic heterocycles. The van der Waals surface area contributed by atoms with Gasteiger partial charge in [0.2, 0.25) is 0 Å². The number of hydrogen-bond donors (Lipinski definition) is 2. The van der Waals surface area contributed by atoms with Crippen molar-refractivity contribution < 1.29 is 4.39 Å². The molecule has 5 nitrogen and oxygen atoms in total. The molecule has 2 aromatic heterocycles. The standard InChI is InChI=1S/C23H23FN4O/c1-2-3-4-19-22(17-7-5-15(14-25)6-8-17)23-26-21(29)13-20(28(23)27-19)16-9-11-18(24)12-10-16/h5-13H,2-4,14,25H2,1H3,(H,26,29). The molecule has 2 aromatic carbocycles. The lowest BCUT2D eigenvalue weighted by Crippen LogP contribution is -2.09. The van der Waals surface area contributed by atoms with Crippen LogP contribution < -0.4 is 11.3 Å². The molecule has 0 radical (unpaired) electrons. The number of benzene rings is 2. The first-order chi connectivity index (χ1) is 14.1. The zero-order valence-corrected chi connectivity index (χ0v) is 16.3. The van der Waals surface area contributed by atoms with Crippen LogP contribution in [0.1, 0.15) is 31.0 Å². The number of aromatic nitrogens is 3. The second-order valence-corrected chi connectivity index (χ2v) is 7.11. The van der Waals surface area contributed by atoms with Gasteiger partial charge in [0.15, 0.2) is 0 Å². The summed E-state index contributed by atoms with van der Waals surface area (Å²) in [6, 6.07) is 15.6. The fraction of sp³-hybridized carbons (Fsp3) is 0.217. The Morgan fingerprint density at radius 1 is 1.07 bits per heavy atom. The molecule has 29 heavy (non-hydrogen) atoms. The van der Waals surface area contributed by atoms with E-state index in [4.69, 9.17) is 10.8 Å². The maximum absolute atomic E-state index is 13.4. The van der Waals surface area contributed by atoms with Gasteiger partial charge in [0.1, 0.15) is 11.5 Å². The van der Waals surface area contributed by atoms with E-state index in [1.165, 1.54) is 18.2 Å². The van der Waals surface area contributed by atoms with Gasteiger partial charge in [-0.15, -0.1) is 0 Å². The van der Waals surface area contributed by atoms with Crippen molar-refractivity contribution in [2.75, 3.05) is 0 Å². The molecule has 6 heteroatoms. The quantitative estimate of drug-likeness (QED) is 0.515. The van der Waals surface area contributed by atoms with E-state index < -0.39 is 0 Å². The number of H-pyrrole nitrogens is 1. The van der Waals surface area contributed by atoms with Crippen molar-refractivity contribution >= 4 is 5.65 Å². The van der Waals surface area contributed by atoms with E-state index in [1.807, 2.05) is 24.3 Å².